The number of allylic oxidation sites excluding steroid dienone is 8. The van der Waals surface area contributed by atoms with Gasteiger partial charge in [0.2, 0.25) is 0 Å². The SMILES string of the molecule is CC/C=C\C[C@@H](O)/C=C/C=C\C=C\[C@@H](O)C/C=C\C/C=C\CCC(=O)OC[C@H](COP(=O)(O)OC[C@@H](O)COP(=O)(O)O)OC(=O)CCCCCCCCCCCCC(C)CC. The van der Waals surface area contributed by atoms with E-state index < -0.39 is 78.4 Å². The summed E-state index contributed by atoms with van der Waals surface area (Å²) in [5.74, 6) is -0.398. The number of esters is 2. The topological polar surface area (TPSA) is 236 Å². The highest BCUT2D eigenvalue weighted by atomic mass is 31.2. The summed E-state index contributed by atoms with van der Waals surface area (Å²) in [7, 11) is -9.74. The van der Waals surface area contributed by atoms with E-state index in [0.717, 1.165) is 38.0 Å². The molecule has 17 heteroatoms. The van der Waals surface area contributed by atoms with Gasteiger partial charge in [0, 0.05) is 12.8 Å². The van der Waals surface area contributed by atoms with Crippen molar-refractivity contribution >= 4 is 27.6 Å². The van der Waals surface area contributed by atoms with E-state index in [4.69, 9.17) is 23.8 Å². The average molecular weight is 921 g/mol. The molecule has 0 aromatic carbocycles. The number of ether oxygens (including phenoxy) is 2. The zero-order chi connectivity index (χ0) is 46.3. The molecule has 0 bridgehead atoms. The van der Waals surface area contributed by atoms with Gasteiger partial charge in [-0.2, -0.15) is 0 Å². The van der Waals surface area contributed by atoms with Crippen LogP contribution in [0.5, 0.6) is 0 Å². The predicted molar refractivity (Wildman–Crippen MR) is 242 cm³/mol. The molecule has 0 fully saturated rings. The van der Waals surface area contributed by atoms with Gasteiger partial charge >= 0.3 is 27.6 Å². The van der Waals surface area contributed by atoms with Crippen LogP contribution in [-0.4, -0.2) is 92.8 Å². The van der Waals surface area contributed by atoms with Crippen LogP contribution in [0.1, 0.15) is 143 Å². The second-order valence-corrected chi connectivity index (χ2v) is 17.9. The zero-order valence-electron chi connectivity index (χ0n) is 37.3. The van der Waals surface area contributed by atoms with Crippen LogP contribution in [0, 0.1) is 5.92 Å². The molecule has 6 atom stereocenters. The van der Waals surface area contributed by atoms with Gasteiger partial charge < -0.3 is 39.5 Å². The maximum Gasteiger partial charge on any atom is 0.472 e. The van der Waals surface area contributed by atoms with Gasteiger partial charge in [-0.1, -0.05) is 164 Å². The third-order valence-electron chi connectivity index (χ3n) is 9.32. The Bertz CT molecular complexity index is 1420. The van der Waals surface area contributed by atoms with Crippen LogP contribution < -0.4 is 0 Å². The van der Waals surface area contributed by atoms with Crippen molar-refractivity contribution in [3.05, 3.63) is 72.9 Å². The standard InChI is InChI=1S/C45H78O15P2/c1-4-6-21-29-40(46)31-24-19-20-25-32-41(47)30-23-16-13-14-17-26-33-44(49)56-37-43(38-59-62(54,55)58-36-42(48)35-57-61(51,52)53)60-45(50)34-27-18-12-10-8-7-9-11-15-22-28-39(3)5-2/h6,14,16-17,19-21,23-25,31-32,39-43,46-48H,4-5,7-13,15,18,22,26-30,33-38H2,1-3H3,(H,54,55)(H2,51,52,53)/b17-14-,20-19-,21-6-,23-16-,31-24+,32-25+/t39?,40-,41+,42+,43-/m1/s1. The van der Waals surface area contributed by atoms with Gasteiger partial charge in [0.1, 0.15) is 12.7 Å². The number of rotatable bonds is 40. The maximum atomic E-state index is 12.7. The van der Waals surface area contributed by atoms with Crippen molar-refractivity contribution in [3.63, 3.8) is 0 Å². The van der Waals surface area contributed by atoms with Crippen LogP contribution in [0.3, 0.4) is 0 Å². The van der Waals surface area contributed by atoms with Crippen molar-refractivity contribution in [2.24, 2.45) is 5.92 Å². The second kappa shape index (κ2) is 38.9. The van der Waals surface area contributed by atoms with Crippen LogP contribution in [0.15, 0.2) is 72.9 Å². The average Bonchev–Trinajstić information content (AvgIpc) is 3.22. The molecular weight excluding hydrogens is 842 g/mol. The van der Waals surface area contributed by atoms with E-state index in [1.807, 2.05) is 37.3 Å². The fourth-order valence-corrected chi connectivity index (χ4v) is 6.68. The van der Waals surface area contributed by atoms with Gasteiger partial charge in [-0.25, -0.2) is 9.13 Å². The summed E-state index contributed by atoms with van der Waals surface area (Å²) in [6.45, 7) is 3.68. The molecule has 2 unspecified atom stereocenters. The van der Waals surface area contributed by atoms with Gasteiger partial charge in [-0.15, -0.1) is 0 Å². The number of aliphatic hydroxyl groups is 3. The van der Waals surface area contributed by atoms with Gasteiger partial charge in [-0.05, 0) is 44.4 Å². The zero-order valence-corrected chi connectivity index (χ0v) is 39.1. The van der Waals surface area contributed by atoms with Gasteiger partial charge in [-0.3, -0.25) is 23.2 Å². The minimum absolute atomic E-state index is 0.0111. The molecule has 0 spiro atoms. The van der Waals surface area contributed by atoms with E-state index in [1.165, 1.54) is 44.9 Å². The molecule has 0 radical (unpaired) electrons. The van der Waals surface area contributed by atoms with Crippen LogP contribution in [0.2, 0.25) is 0 Å². The molecule has 62 heavy (non-hydrogen) atoms. The normalized spacial score (nSPS) is 16.2. The molecule has 0 aliphatic rings. The Balaban J connectivity index is 4.74. The smallest absolute Gasteiger partial charge is 0.462 e. The number of unbranched alkanes of at least 4 members (excludes halogenated alkanes) is 9. The highest BCUT2D eigenvalue weighted by molar-refractivity contribution is 7.47. The summed E-state index contributed by atoms with van der Waals surface area (Å²) in [4.78, 5) is 52.7. The third-order valence-corrected chi connectivity index (χ3v) is 10.8. The number of hydrogen-bond acceptors (Lipinski definition) is 12. The Labute approximate surface area is 370 Å². The van der Waals surface area contributed by atoms with Crippen molar-refractivity contribution in [2.45, 2.75) is 167 Å². The van der Waals surface area contributed by atoms with Crippen LogP contribution in [0.4, 0.5) is 0 Å². The Morgan fingerprint density at radius 3 is 1.71 bits per heavy atom. The number of phosphoric ester groups is 2. The minimum atomic E-state index is -4.89. The van der Waals surface area contributed by atoms with Gasteiger partial charge in [0.15, 0.2) is 6.10 Å². The highest BCUT2D eigenvalue weighted by Gasteiger charge is 2.28. The highest BCUT2D eigenvalue weighted by Crippen LogP contribution is 2.43. The fourth-order valence-electron chi connectivity index (χ4n) is 5.52. The first-order valence-corrected chi connectivity index (χ1v) is 25.3. The van der Waals surface area contributed by atoms with E-state index in [9.17, 15) is 38.9 Å². The summed E-state index contributed by atoms with van der Waals surface area (Å²) in [6.07, 6.45) is 34.0. The van der Waals surface area contributed by atoms with E-state index in [-0.39, 0.29) is 12.8 Å². The Morgan fingerprint density at radius 1 is 0.597 bits per heavy atom. The van der Waals surface area contributed by atoms with Crippen LogP contribution >= 0.6 is 15.6 Å². The summed E-state index contributed by atoms with van der Waals surface area (Å²) < 4.78 is 47.6. The van der Waals surface area contributed by atoms with Crippen LogP contribution in [-0.2, 0) is 41.8 Å². The quantitative estimate of drug-likeness (QED) is 0.0110. The van der Waals surface area contributed by atoms with E-state index in [2.05, 4.69) is 22.9 Å². The minimum Gasteiger partial charge on any atom is -0.462 e. The van der Waals surface area contributed by atoms with Crippen molar-refractivity contribution in [2.75, 3.05) is 26.4 Å². The first kappa shape index (κ1) is 59.5. The van der Waals surface area contributed by atoms with Crippen molar-refractivity contribution < 1.29 is 71.8 Å². The summed E-state index contributed by atoms with van der Waals surface area (Å²) >= 11 is 0. The first-order chi connectivity index (χ1) is 29.6. The lowest BCUT2D eigenvalue weighted by Crippen LogP contribution is -2.29. The summed E-state index contributed by atoms with van der Waals surface area (Å²) in [5.41, 5.74) is 0. The molecule has 6 N–H and O–H groups in total. The number of aliphatic hydroxyl groups excluding tert-OH is 3. The molecule has 0 aromatic heterocycles. The molecular formula is C45H78O15P2. The molecule has 358 valence electrons. The third kappa shape index (κ3) is 41.5. The Hall–Kier alpha value is -2.52. The van der Waals surface area contributed by atoms with E-state index in [1.54, 1.807) is 42.5 Å². The monoisotopic (exact) mass is 920 g/mol. The second-order valence-electron chi connectivity index (χ2n) is 15.2. The number of carbonyl (C=O) groups is 2. The first-order valence-electron chi connectivity index (χ1n) is 22.2. The molecule has 15 nitrogen and oxygen atoms in total. The molecule has 0 rings (SSSR count). The lowest BCUT2D eigenvalue weighted by Gasteiger charge is -2.20. The maximum absolute atomic E-state index is 12.7. The Kier molecular flexibility index (Phi) is 37.3. The van der Waals surface area contributed by atoms with Crippen LogP contribution in [0.25, 0.3) is 0 Å². The fraction of sp³-hybridized carbons (Fsp3) is 0.689. The number of hydrogen-bond donors (Lipinski definition) is 6. The molecule has 0 aliphatic heterocycles. The number of phosphoric acid groups is 2. The lowest BCUT2D eigenvalue weighted by molar-refractivity contribution is -0.161. The van der Waals surface area contributed by atoms with Crippen molar-refractivity contribution in [3.8, 4) is 0 Å². The van der Waals surface area contributed by atoms with Crippen molar-refractivity contribution in [1.82, 2.24) is 0 Å². The molecule has 0 saturated heterocycles. The molecule has 0 amide bonds. The molecule has 0 aliphatic carbocycles. The Morgan fingerprint density at radius 2 is 1.13 bits per heavy atom. The summed E-state index contributed by atoms with van der Waals surface area (Å²) in [6, 6.07) is 0. The predicted octanol–water partition coefficient (Wildman–Crippen LogP) is 9.19. The molecule has 0 aromatic rings. The lowest BCUT2D eigenvalue weighted by atomic mass is 9.99. The summed E-state index contributed by atoms with van der Waals surface area (Å²) in [5, 5.41) is 29.7. The largest absolute Gasteiger partial charge is 0.472 e. The number of carbonyl (C=O) groups excluding carboxylic acids is 2. The van der Waals surface area contributed by atoms with Crippen molar-refractivity contribution in [1.29, 1.82) is 0 Å². The van der Waals surface area contributed by atoms with Gasteiger partial charge in [0.05, 0.1) is 32.0 Å². The molecule has 0 heterocycles. The van der Waals surface area contributed by atoms with E-state index in [0.29, 0.717) is 32.1 Å². The van der Waals surface area contributed by atoms with Gasteiger partial charge in [0.25, 0.3) is 0 Å². The van der Waals surface area contributed by atoms with E-state index >= 15 is 0 Å². The molecule has 0 saturated carbocycles.